The molecule has 6 aromatic carbocycles. The first kappa shape index (κ1) is 32.1. The fraction of sp³-hybridized carbons (Fsp3) is 0. The van der Waals surface area contributed by atoms with Gasteiger partial charge in [-0.25, -0.2) is 15.0 Å². The van der Waals surface area contributed by atoms with E-state index in [-0.39, 0.29) is 0 Å². The molecule has 0 aliphatic heterocycles. The number of benzene rings is 6. The lowest BCUT2D eigenvalue weighted by atomic mass is 9.93. The molecule has 258 valence electrons. The topological polar surface area (TPSA) is 77.6 Å². The second-order valence-corrected chi connectivity index (χ2v) is 13.3. The highest BCUT2D eigenvalue weighted by atomic mass is 16.3. The molecule has 0 unspecified atom stereocenters. The Balaban J connectivity index is 1.16. The normalized spacial score (nSPS) is 11.3. The number of aromatic nitrogens is 5. The summed E-state index contributed by atoms with van der Waals surface area (Å²) in [6, 6.07) is 56.0. The van der Waals surface area contributed by atoms with Crippen molar-refractivity contribution in [2.75, 3.05) is 0 Å². The summed E-state index contributed by atoms with van der Waals surface area (Å²) >= 11 is 0. The van der Waals surface area contributed by atoms with Crippen LogP contribution in [-0.2, 0) is 0 Å². The zero-order valence-electron chi connectivity index (χ0n) is 29.5. The number of fused-ring (bicyclic) bond motifs is 3. The minimum atomic E-state index is 0.591. The van der Waals surface area contributed by atoms with Crippen LogP contribution in [0.4, 0.5) is 0 Å². The molecule has 0 atom stereocenters. The number of nitrogens with zero attached hydrogens (tertiary/aromatic N) is 5. The molecule has 0 saturated carbocycles. The first-order chi connectivity index (χ1) is 27.3. The second-order valence-electron chi connectivity index (χ2n) is 13.3. The van der Waals surface area contributed by atoms with Crippen molar-refractivity contribution in [3.8, 4) is 78.7 Å². The third-order valence-electron chi connectivity index (χ3n) is 9.95. The highest BCUT2D eigenvalue weighted by Gasteiger charge is 2.20. The Bertz CT molecular complexity index is 2850. The highest BCUT2D eigenvalue weighted by Crippen LogP contribution is 2.43. The molecule has 10 rings (SSSR count). The van der Waals surface area contributed by atoms with E-state index in [1.54, 1.807) is 0 Å². The smallest absolute Gasteiger partial charge is 0.164 e. The van der Waals surface area contributed by atoms with Gasteiger partial charge in [-0.2, -0.15) is 0 Å². The van der Waals surface area contributed by atoms with E-state index in [4.69, 9.17) is 19.4 Å². The molecule has 0 spiro atoms. The summed E-state index contributed by atoms with van der Waals surface area (Å²) < 4.78 is 7.02. The van der Waals surface area contributed by atoms with E-state index >= 15 is 0 Å². The van der Waals surface area contributed by atoms with Crippen LogP contribution < -0.4 is 0 Å². The van der Waals surface area contributed by atoms with Gasteiger partial charge >= 0.3 is 0 Å². The molecule has 6 heteroatoms. The summed E-state index contributed by atoms with van der Waals surface area (Å²) in [5.41, 5.74) is 12.7. The molecule has 0 N–H and O–H groups in total. The van der Waals surface area contributed by atoms with Gasteiger partial charge in [-0.15, -0.1) is 0 Å². The number of furan rings is 1. The molecule has 4 aromatic heterocycles. The zero-order chi connectivity index (χ0) is 36.6. The summed E-state index contributed by atoms with van der Waals surface area (Å²) in [6.07, 6.45) is 7.32. The number of rotatable bonds is 7. The van der Waals surface area contributed by atoms with Gasteiger partial charge in [-0.1, -0.05) is 121 Å². The Morgan fingerprint density at radius 1 is 0.291 bits per heavy atom. The Kier molecular flexibility index (Phi) is 8.04. The van der Waals surface area contributed by atoms with E-state index in [0.717, 1.165) is 83.1 Å². The van der Waals surface area contributed by atoms with E-state index in [1.807, 2.05) is 122 Å². The van der Waals surface area contributed by atoms with Crippen molar-refractivity contribution in [3.63, 3.8) is 0 Å². The van der Waals surface area contributed by atoms with Gasteiger partial charge in [0.2, 0.25) is 0 Å². The fourth-order valence-corrected chi connectivity index (χ4v) is 7.31. The van der Waals surface area contributed by atoms with Crippen molar-refractivity contribution in [2.45, 2.75) is 0 Å². The summed E-state index contributed by atoms with van der Waals surface area (Å²) in [4.78, 5) is 23.6. The summed E-state index contributed by atoms with van der Waals surface area (Å²) in [5, 5.41) is 2.08. The monoisotopic (exact) mass is 705 g/mol. The van der Waals surface area contributed by atoms with Crippen molar-refractivity contribution in [1.82, 2.24) is 24.9 Å². The summed E-state index contributed by atoms with van der Waals surface area (Å²) in [5.74, 6) is 1.82. The van der Waals surface area contributed by atoms with Crippen LogP contribution in [0.2, 0.25) is 0 Å². The van der Waals surface area contributed by atoms with Crippen molar-refractivity contribution < 1.29 is 4.42 Å². The minimum Gasteiger partial charge on any atom is -0.455 e. The quantitative estimate of drug-likeness (QED) is 0.164. The minimum absolute atomic E-state index is 0.591. The molecule has 0 amide bonds. The zero-order valence-corrected chi connectivity index (χ0v) is 29.5. The summed E-state index contributed by atoms with van der Waals surface area (Å²) in [7, 11) is 0. The molecule has 0 saturated heterocycles. The van der Waals surface area contributed by atoms with Crippen LogP contribution in [0.3, 0.4) is 0 Å². The van der Waals surface area contributed by atoms with Crippen LogP contribution in [0.15, 0.2) is 193 Å². The van der Waals surface area contributed by atoms with Gasteiger partial charge in [0.25, 0.3) is 0 Å². The van der Waals surface area contributed by atoms with Gasteiger partial charge in [0.15, 0.2) is 17.5 Å². The van der Waals surface area contributed by atoms with Gasteiger partial charge in [0.05, 0.1) is 0 Å². The van der Waals surface area contributed by atoms with E-state index in [0.29, 0.717) is 17.5 Å². The van der Waals surface area contributed by atoms with E-state index in [9.17, 15) is 0 Å². The molecule has 0 fully saturated rings. The Labute approximate surface area is 317 Å². The van der Waals surface area contributed by atoms with Crippen LogP contribution in [0, 0.1) is 0 Å². The first-order valence-corrected chi connectivity index (χ1v) is 18.1. The average molecular weight is 706 g/mol. The predicted octanol–water partition coefficient (Wildman–Crippen LogP) is 12.2. The molecule has 10 aromatic rings. The highest BCUT2D eigenvalue weighted by molar-refractivity contribution is 6.14. The number of para-hydroxylation sites is 2. The average Bonchev–Trinajstić information content (AvgIpc) is 3.67. The number of pyridine rings is 2. The first-order valence-electron chi connectivity index (χ1n) is 18.1. The standard InChI is InChI=1S/C49H31N5O/c1-3-11-34(12-4-1)47-52-48(35-13-5-2-6-14-35)54-49(53-47)44-16-8-7-15-40(44)41-18-10-20-43-42-19-9-17-39(45(42)55-46(41)43)38-30-36(32-21-25-50-26-22-32)29-37(31-38)33-23-27-51-28-24-33/h1-31H. The lowest BCUT2D eigenvalue weighted by Gasteiger charge is -2.12. The van der Waals surface area contributed by atoms with E-state index in [2.05, 4.69) is 76.7 Å². The van der Waals surface area contributed by atoms with Crippen molar-refractivity contribution in [2.24, 2.45) is 0 Å². The molecular weight excluding hydrogens is 675 g/mol. The van der Waals surface area contributed by atoms with E-state index in [1.165, 1.54) is 0 Å². The Hall–Kier alpha value is -7.57. The second kappa shape index (κ2) is 13.8. The number of hydrogen-bond donors (Lipinski definition) is 0. The van der Waals surface area contributed by atoms with Gasteiger partial charge < -0.3 is 4.42 Å². The van der Waals surface area contributed by atoms with E-state index < -0.39 is 0 Å². The largest absolute Gasteiger partial charge is 0.455 e. The van der Waals surface area contributed by atoms with Crippen molar-refractivity contribution in [3.05, 3.63) is 189 Å². The van der Waals surface area contributed by atoms with Crippen LogP contribution >= 0.6 is 0 Å². The Morgan fingerprint density at radius 3 is 1.29 bits per heavy atom. The third kappa shape index (κ3) is 6.02. The molecular formula is C49H31N5O. The molecule has 6 nitrogen and oxygen atoms in total. The van der Waals surface area contributed by atoms with Crippen molar-refractivity contribution in [1.29, 1.82) is 0 Å². The van der Waals surface area contributed by atoms with Crippen LogP contribution in [0.25, 0.3) is 101 Å². The maximum absolute atomic E-state index is 7.02. The van der Waals surface area contributed by atoms with Crippen LogP contribution in [0.1, 0.15) is 0 Å². The Morgan fingerprint density at radius 2 is 0.727 bits per heavy atom. The maximum atomic E-state index is 7.02. The molecule has 4 heterocycles. The van der Waals surface area contributed by atoms with Gasteiger partial charge in [-0.05, 0) is 75.8 Å². The van der Waals surface area contributed by atoms with Crippen molar-refractivity contribution >= 4 is 21.9 Å². The predicted molar refractivity (Wildman–Crippen MR) is 221 cm³/mol. The molecule has 55 heavy (non-hydrogen) atoms. The van der Waals surface area contributed by atoms with Gasteiger partial charge in [-0.3, -0.25) is 9.97 Å². The molecule has 0 bridgehead atoms. The lowest BCUT2D eigenvalue weighted by Crippen LogP contribution is -2.01. The van der Waals surface area contributed by atoms with Gasteiger partial charge in [0, 0.05) is 63.4 Å². The maximum Gasteiger partial charge on any atom is 0.164 e. The molecule has 0 aliphatic carbocycles. The summed E-state index contributed by atoms with van der Waals surface area (Å²) in [6.45, 7) is 0. The lowest BCUT2D eigenvalue weighted by molar-refractivity contribution is 0.671. The van der Waals surface area contributed by atoms with Crippen LogP contribution in [0.5, 0.6) is 0 Å². The number of hydrogen-bond acceptors (Lipinski definition) is 6. The van der Waals surface area contributed by atoms with Gasteiger partial charge in [0.1, 0.15) is 11.2 Å². The third-order valence-corrected chi connectivity index (χ3v) is 9.95. The molecule has 0 radical (unpaired) electrons. The fourth-order valence-electron chi connectivity index (χ4n) is 7.31. The van der Waals surface area contributed by atoms with Crippen LogP contribution in [-0.4, -0.2) is 24.9 Å². The molecule has 0 aliphatic rings. The SMILES string of the molecule is c1ccc(-c2nc(-c3ccccc3)nc(-c3ccccc3-c3cccc4c3oc3c(-c5cc(-c6ccncc6)cc(-c6ccncc6)c5)cccc34)n2)cc1.